The van der Waals surface area contributed by atoms with E-state index in [9.17, 15) is 4.79 Å². The summed E-state index contributed by atoms with van der Waals surface area (Å²) in [5.41, 5.74) is 2.74. The van der Waals surface area contributed by atoms with Gasteiger partial charge in [0.05, 0.1) is 5.56 Å². The number of hydrogen-bond acceptors (Lipinski definition) is 2. The van der Waals surface area contributed by atoms with Gasteiger partial charge in [0, 0.05) is 27.9 Å². The molecule has 0 atom stereocenters. The van der Waals surface area contributed by atoms with Gasteiger partial charge in [-0.3, -0.25) is 9.78 Å². The van der Waals surface area contributed by atoms with E-state index in [1.54, 1.807) is 18.5 Å². The fourth-order valence-electron chi connectivity index (χ4n) is 1.62. The van der Waals surface area contributed by atoms with E-state index in [1.807, 2.05) is 25.1 Å². The SMILES string of the molecule is Cc1ccncc1CNC(=O)c1cc(Br)ccc1Br. The zero-order valence-corrected chi connectivity index (χ0v) is 13.5. The molecule has 2 aromatic rings. The molecule has 1 N–H and O–H groups in total. The molecule has 2 rings (SSSR count). The molecule has 5 heteroatoms. The van der Waals surface area contributed by atoms with Crippen LogP contribution in [0.15, 0.2) is 45.6 Å². The smallest absolute Gasteiger partial charge is 0.252 e. The molecule has 19 heavy (non-hydrogen) atoms. The highest BCUT2D eigenvalue weighted by atomic mass is 79.9. The second-order valence-corrected chi connectivity index (χ2v) is 5.88. The van der Waals surface area contributed by atoms with Crippen LogP contribution in [-0.4, -0.2) is 10.9 Å². The van der Waals surface area contributed by atoms with E-state index in [1.165, 1.54) is 0 Å². The fraction of sp³-hybridized carbons (Fsp3) is 0.143. The number of aromatic nitrogens is 1. The molecule has 1 aromatic heterocycles. The molecule has 0 radical (unpaired) electrons. The van der Waals surface area contributed by atoms with E-state index in [4.69, 9.17) is 0 Å². The Morgan fingerprint density at radius 2 is 2.11 bits per heavy atom. The van der Waals surface area contributed by atoms with Crippen molar-refractivity contribution in [1.29, 1.82) is 0 Å². The van der Waals surface area contributed by atoms with Crippen molar-refractivity contribution in [3.05, 3.63) is 62.3 Å². The van der Waals surface area contributed by atoms with Crippen molar-refractivity contribution in [2.45, 2.75) is 13.5 Å². The van der Waals surface area contributed by atoms with Gasteiger partial charge in [0.15, 0.2) is 0 Å². The molecule has 1 aromatic carbocycles. The van der Waals surface area contributed by atoms with Gasteiger partial charge in [0.1, 0.15) is 0 Å². The van der Waals surface area contributed by atoms with Crippen LogP contribution in [0.3, 0.4) is 0 Å². The quantitative estimate of drug-likeness (QED) is 0.874. The number of nitrogens with zero attached hydrogens (tertiary/aromatic N) is 1. The van der Waals surface area contributed by atoms with Crippen LogP contribution in [0.25, 0.3) is 0 Å². The summed E-state index contributed by atoms with van der Waals surface area (Å²) < 4.78 is 1.65. The van der Waals surface area contributed by atoms with Crippen LogP contribution in [0.5, 0.6) is 0 Å². The van der Waals surface area contributed by atoms with Crippen molar-refractivity contribution in [2.75, 3.05) is 0 Å². The predicted molar refractivity (Wildman–Crippen MR) is 82.0 cm³/mol. The Hall–Kier alpha value is -1.20. The monoisotopic (exact) mass is 382 g/mol. The summed E-state index contributed by atoms with van der Waals surface area (Å²) in [6.07, 6.45) is 3.51. The molecule has 0 bridgehead atoms. The van der Waals surface area contributed by atoms with Crippen LogP contribution < -0.4 is 5.32 Å². The average Bonchev–Trinajstić information content (AvgIpc) is 2.40. The summed E-state index contributed by atoms with van der Waals surface area (Å²) in [6, 6.07) is 7.44. The third-order valence-electron chi connectivity index (χ3n) is 2.76. The summed E-state index contributed by atoms with van der Waals surface area (Å²) in [4.78, 5) is 16.2. The van der Waals surface area contributed by atoms with Gasteiger partial charge in [0.25, 0.3) is 5.91 Å². The maximum atomic E-state index is 12.1. The first-order valence-electron chi connectivity index (χ1n) is 5.70. The van der Waals surface area contributed by atoms with Crippen LogP contribution >= 0.6 is 31.9 Å². The van der Waals surface area contributed by atoms with Gasteiger partial charge in [-0.2, -0.15) is 0 Å². The zero-order valence-electron chi connectivity index (χ0n) is 10.3. The van der Waals surface area contributed by atoms with E-state index in [2.05, 4.69) is 42.2 Å². The number of amides is 1. The molecule has 0 saturated carbocycles. The third kappa shape index (κ3) is 3.64. The van der Waals surface area contributed by atoms with Crippen LogP contribution in [-0.2, 0) is 6.54 Å². The summed E-state index contributed by atoms with van der Waals surface area (Å²) in [6.45, 7) is 2.47. The molecule has 3 nitrogen and oxygen atoms in total. The van der Waals surface area contributed by atoms with Crippen molar-refractivity contribution in [3.63, 3.8) is 0 Å². The van der Waals surface area contributed by atoms with Crippen molar-refractivity contribution in [3.8, 4) is 0 Å². The van der Waals surface area contributed by atoms with Gasteiger partial charge < -0.3 is 5.32 Å². The van der Waals surface area contributed by atoms with Gasteiger partial charge in [-0.25, -0.2) is 0 Å². The normalized spacial score (nSPS) is 10.3. The second kappa shape index (κ2) is 6.30. The van der Waals surface area contributed by atoms with E-state index in [0.29, 0.717) is 12.1 Å². The Kier molecular flexibility index (Phi) is 4.71. The summed E-state index contributed by atoms with van der Waals surface area (Å²) in [5, 5.41) is 2.89. The van der Waals surface area contributed by atoms with Crippen molar-refractivity contribution in [2.24, 2.45) is 0 Å². The zero-order chi connectivity index (χ0) is 13.8. The Labute approximate surface area is 128 Å². The second-order valence-electron chi connectivity index (χ2n) is 4.11. The number of benzene rings is 1. The number of rotatable bonds is 3. The minimum Gasteiger partial charge on any atom is -0.348 e. The Bertz CT molecular complexity index is 614. The lowest BCUT2D eigenvalue weighted by molar-refractivity contribution is 0.0950. The summed E-state index contributed by atoms with van der Waals surface area (Å²) >= 11 is 6.74. The van der Waals surface area contributed by atoms with Crippen LogP contribution in [0.1, 0.15) is 21.5 Å². The van der Waals surface area contributed by atoms with Gasteiger partial charge in [-0.05, 0) is 58.2 Å². The first-order valence-corrected chi connectivity index (χ1v) is 7.29. The molecule has 0 aliphatic rings. The molecule has 0 aliphatic carbocycles. The Morgan fingerprint density at radius 3 is 2.84 bits per heavy atom. The Morgan fingerprint density at radius 1 is 1.32 bits per heavy atom. The molecule has 0 spiro atoms. The predicted octanol–water partition coefficient (Wildman–Crippen LogP) is 3.85. The lowest BCUT2D eigenvalue weighted by Gasteiger charge is -2.09. The minimum atomic E-state index is -0.114. The van der Waals surface area contributed by atoms with E-state index in [0.717, 1.165) is 20.1 Å². The van der Waals surface area contributed by atoms with Gasteiger partial charge in [0.2, 0.25) is 0 Å². The number of halogens is 2. The van der Waals surface area contributed by atoms with E-state index < -0.39 is 0 Å². The maximum absolute atomic E-state index is 12.1. The molecule has 98 valence electrons. The fourth-order valence-corrected chi connectivity index (χ4v) is 2.41. The number of nitrogens with one attached hydrogen (secondary N) is 1. The molecule has 0 fully saturated rings. The molecule has 0 saturated heterocycles. The number of pyridine rings is 1. The molecule has 1 amide bonds. The first-order chi connectivity index (χ1) is 9.08. The Balaban J connectivity index is 2.10. The lowest BCUT2D eigenvalue weighted by atomic mass is 10.1. The maximum Gasteiger partial charge on any atom is 0.252 e. The topological polar surface area (TPSA) is 42.0 Å². The molecular weight excluding hydrogens is 372 g/mol. The van der Waals surface area contributed by atoms with Crippen molar-refractivity contribution >= 4 is 37.8 Å². The third-order valence-corrected chi connectivity index (χ3v) is 3.94. The molecular formula is C14H12Br2N2O. The highest BCUT2D eigenvalue weighted by Crippen LogP contribution is 2.21. The summed E-state index contributed by atoms with van der Waals surface area (Å²) in [5.74, 6) is -0.114. The largest absolute Gasteiger partial charge is 0.348 e. The van der Waals surface area contributed by atoms with Gasteiger partial charge >= 0.3 is 0 Å². The number of aryl methyl sites for hydroxylation is 1. The van der Waals surface area contributed by atoms with E-state index in [-0.39, 0.29) is 5.91 Å². The standard InChI is InChI=1S/C14H12Br2N2O/c1-9-4-5-17-7-10(9)8-18-14(19)12-6-11(15)2-3-13(12)16/h2-7H,8H2,1H3,(H,18,19). The number of hydrogen-bond donors (Lipinski definition) is 1. The van der Waals surface area contributed by atoms with Crippen LogP contribution in [0, 0.1) is 6.92 Å². The minimum absolute atomic E-state index is 0.114. The lowest BCUT2D eigenvalue weighted by Crippen LogP contribution is -2.23. The first kappa shape index (κ1) is 14.2. The van der Waals surface area contributed by atoms with Gasteiger partial charge in [-0.1, -0.05) is 15.9 Å². The molecule has 0 unspecified atom stereocenters. The van der Waals surface area contributed by atoms with Crippen molar-refractivity contribution in [1.82, 2.24) is 10.3 Å². The van der Waals surface area contributed by atoms with Gasteiger partial charge in [-0.15, -0.1) is 0 Å². The summed E-state index contributed by atoms with van der Waals surface area (Å²) in [7, 11) is 0. The highest BCUT2D eigenvalue weighted by molar-refractivity contribution is 9.11. The van der Waals surface area contributed by atoms with Crippen LogP contribution in [0.2, 0.25) is 0 Å². The number of carbonyl (C=O) groups is 1. The number of carbonyl (C=O) groups excluding carboxylic acids is 1. The average molecular weight is 384 g/mol. The van der Waals surface area contributed by atoms with Crippen LogP contribution in [0.4, 0.5) is 0 Å². The molecule has 0 aliphatic heterocycles. The van der Waals surface area contributed by atoms with E-state index >= 15 is 0 Å². The van der Waals surface area contributed by atoms with Crippen molar-refractivity contribution < 1.29 is 4.79 Å². The highest BCUT2D eigenvalue weighted by Gasteiger charge is 2.10. The molecule has 1 heterocycles.